The van der Waals surface area contributed by atoms with Crippen LogP contribution in [-0.4, -0.2) is 9.78 Å². The minimum atomic E-state index is 0.687. The third kappa shape index (κ3) is 1.95. The molecule has 0 fully saturated rings. The summed E-state index contributed by atoms with van der Waals surface area (Å²) in [6, 6.07) is 0. The Hall–Kier alpha value is -0.790. The predicted octanol–water partition coefficient (Wildman–Crippen LogP) is 3.22. The Morgan fingerprint density at radius 1 is 1.40 bits per heavy atom. The summed E-state index contributed by atoms with van der Waals surface area (Å²) in [5.74, 6) is 2.19. The average Bonchev–Trinajstić information content (AvgIpc) is 2.66. The third-order valence-electron chi connectivity index (χ3n) is 3.42. The van der Waals surface area contributed by atoms with Gasteiger partial charge in [-0.1, -0.05) is 27.7 Å². The van der Waals surface area contributed by atoms with Gasteiger partial charge in [-0.2, -0.15) is 5.10 Å². The van der Waals surface area contributed by atoms with E-state index in [9.17, 15) is 0 Å². The van der Waals surface area contributed by atoms with Crippen molar-refractivity contribution in [2.75, 3.05) is 0 Å². The normalized spacial score (nSPS) is 20.3. The van der Waals surface area contributed by atoms with Gasteiger partial charge in [0.05, 0.1) is 6.20 Å². The number of hydrogen-bond donors (Lipinski definition) is 0. The van der Waals surface area contributed by atoms with Crippen LogP contribution in [-0.2, 0) is 13.0 Å². The van der Waals surface area contributed by atoms with Crippen LogP contribution in [0, 0.1) is 11.8 Å². The van der Waals surface area contributed by atoms with Crippen molar-refractivity contribution in [3.8, 4) is 0 Å². The van der Waals surface area contributed by atoms with Crippen molar-refractivity contribution < 1.29 is 0 Å². The van der Waals surface area contributed by atoms with Gasteiger partial charge in [0.15, 0.2) is 0 Å². The molecule has 1 aliphatic rings. The maximum atomic E-state index is 4.53. The first-order chi connectivity index (χ1) is 7.09. The molecule has 2 rings (SSSR count). The van der Waals surface area contributed by atoms with Gasteiger partial charge in [0, 0.05) is 12.2 Å². The molecular weight excluding hydrogens is 184 g/mol. The summed E-state index contributed by atoms with van der Waals surface area (Å²) in [6.45, 7) is 10.2. The van der Waals surface area contributed by atoms with E-state index in [1.54, 1.807) is 0 Å². The highest BCUT2D eigenvalue weighted by Gasteiger charge is 2.28. The summed E-state index contributed by atoms with van der Waals surface area (Å²) in [5.41, 5.74) is 3.02. The highest BCUT2D eigenvalue weighted by atomic mass is 15.3. The zero-order valence-corrected chi connectivity index (χ0v) is 10.3. The number of nitrogens with zero attached hydrogens (tertiary/aromatic N) is 2. The Morgan fingerprint density at radius 3 is 2.73 bits per heavy atom. The molecule has 0 aliphatic heterocycles. The molecule has 1 aromatic rings. The molecule has 2 heteroatoms. The van der Waals surface area contributed by atoms with Crippen molar-refractivity contribution in [2.24, 2.45) is 11.8 Å². The van der Waals surface area contributed by atoms with Crippen LogP contribution in [0.2, 0.25) is 0 Å². The van der Waals surface area contributed by atoms with E-state index in [1.165, 1.54) is 24.1 Å². The Bertz CT molecular complexity index is 336. The van der Waals surface area contributed by atoms with Crippen LogP contribution in [0.25, 0.3) is 0 Å². The fraction of sp³-hybridized carbons (Fsp3) is 0.769. The van der Waals surface area contributed by atoms with Crippen molar-refractivity contribution >= 4 is 0 Å². The molecule has 0 amide bonds. The third-order valence-corrected chi connectivity index (χ3v) is 3.42. The average molecular weight is 206 g/mol. The van der Waals surface area contributed by atoms with E-state index in [2.05, 4.69) is 43.7 Å². The molecule has 1 heterocycles. The minimum absolute atomic E-state index is 0.687. The maximum absolute atomic E-state index is 4.53. The van der Waals surface area contributed by atoms with Gasteiger partial charge < -0.3 is 0 Å². The Kier molecular flexibility index (Phi) is 2.85. The second kappa shape index (κ2) is 3.99. The zero-order chi connectivity index (χ0) is 11.0. The van der Waals surface area contributed by atoms with E-state index in [0.29, 0.717) is 5.92 Å². The number of rotatable bonds is 3. The second-order valence-corrected chi connectivity index (χ2v) is 5.51. The van der Waals surface area contributed by atoms with Gasteiger partial charge in [-0.3, -0.25) is 4.68 Å². The lowest BCUT2D eigenvalue weighted by Crippen LogP contribution is -2.08. The molecule has 0 N–H and O–H groups in total. The van der Waals surface area contributed by atoms with Gasteiger partial charge in [0.25, 0.3) is 0 Å². The van der Waals surface area contributed by atoms with E-state index in [-0.39, 0.29) is 0 Å². The number of fused-ring (bicyclic) bond motifs is 1. The summed E-state index contributed by atoms with van der Waals surface area (Å²) in [4.78, 5) is 0. The molecule has 0 radical (unpaired) electrons. The SMILES string of the molecule is CC(C)Cn1ncc2c1CCC2C(C)C. The minimum Gasteiger partial charge on any atom is -0.269 e. The molecule has 84 valence electrons. The van der Waals surface area contributed by atoms with Gasteiger partial charge >= 0.3 is 0 Å². The highest BCUT2D eigenvalue weighted by Crippen LogP contribution is 2.38. The summed E-state index contributed by atoms with van der Waals surface area (Å²) < 4.78 is 2.22. The van der Waals surface area contributed by atoms with Crippen LogP contribution >= 0.6 is 0 Å². The topological polar surface area (TPSA) is 17.8 Å². The number of aromatic nitrogens is 2. The van der Waals surface area contributed by atoms with E-state index in [0.717, 1.165) is 18.4 Å². The van der Waals surface area contributed by atoms with Crippen LogP contribution in [0.4, 0.5) is 0 Å². The predicted molar refractivity (Wildman–Crippen MR) is 63.0 cm³/mol. The lowest BCUT2D eigenvalue weighted by Gasteiger charge is -2.12. The zero-order valence-electron chi connectivity index (χ0n) is 10.3. The van der Waals surface area contributed by atoms with Gasteiger partial charge in [-0.25, -0.2) is 0 Å². The monoisotopic (exact) mass is 206 g/mol. The molecule has 1 atom stereocenters. The molecule has 1 unspecified atom stereocenters. The standard InChI is InChI=1S/C13H22N2/c1-9(2)8-15-13-6-5-11(10(3)4)12(13)7-14-15/h7,9-11H,5-6,8H2,1-4H3. The van der Waals surface area contributed by atoms with E-state index in [4.69, 9.17) is 0 Å². The van der Waals surface area contributed by atoms with Crippen molar-refractivity contribution in [1.29, 1.82) is 0 Å². The fourth-order valence-electron chi connectivity index (χ4n) is 2.65. The van der Waals surface area contributed by atoms with Gasteiger partial charge in [0.2, 0.25) is 0 Å². The maximum Gasteiger partial charge on any atom is 0.0527 e. The lowest BCUT2D eigenvalue weighted by atomic mass is 9.92. The first-order valence-electron chi connectivity index (χ1n) is 6.14. The second-order valence-electron chi connectivity index (χ2n) is 5.51. The molecule has 0 saturated carbocycles. The summed E-state index contributed by atoms with van der Waals surface area (Å²) in [6.07, 6.45) is 4.66. The van der Waals surface area contributed by atoms with Crippen LogP contribution < -0.4 is 0 Å². The van der Waals surface area contributed by atoms with E-state index >= 15 is 0 Å². The summed E-state index contributed by atoms with van der Waals surface area (Å²) in [7, 11) is 0. The molecule has 2 nitrogen and oxygen atoms in total. The van der Waals surface area contributed by atoms with Crippen LogP contribution in [0.15, 0.2) is 6.20 Å². The van der Waals surface area contributed by atoms with Crippen molar-refractivity contribution in [2.45, 2.75) is 53.0 Å². The Labute approximate surface area is 92.7 Å². The first kappa shape index (κ1) is 10.7. The van der Waals surface area contributed by atoms with E-state index in [1.807, 2.05) is 0 Å². The Balaban J connectivity index is 2.23. The quantitative estimate of drug-likeness (QED) is 0.742. The molecule has 0 spiro atoms. The number of hydrogen-bond acceptors (Lipinski definition) is 1. The van der Waals surface area contributed by atoms with Gasteiger partial charge in [-0.05, 0) is 36.2 Å². The molecule has 0 saturated heterocycles. The molecule has 15 heavy (non-hydrogen) atoms. The Morgan fingerprint density at radius 2 is 2.13 bits per heavy atom. The smallest absolute Gasteiger partial charge is 0.0527 e. The lowest BCUT2D eigenvalue weighted by molar-refractivity contribution is 0.463. The van der Waals surface area contributed by atoms with Crippen LogP contribution in [0.3, 0.4) is 0 Å². The summed E-state index contributed by atoms with van der Waals surface area (Å²) in [5, 5.41) is 4.53. The summed E-state index contributed by atoms with van der Waals surface area (Å²) >= 11 is 0. The molecule has 0 aromatic carbocycles. The first-order valence-corrected chi connectivity index (χ1v) is 6.14. The molecular formula is C13H22N2. The highest BCUT2D eigenvalue weighted by molar-refractivity contribution is 5.28. The van der Waals surface area contributed by atoms with Crippen molar-refractivity contribution in [3.05, 3.63) is 17.5 Å². The largest absolute Gasteiger partial charge is 0.269 e. The molecule has 1 aromatic heterocycles. The molecule has 1 aliphatic carbocycles. The van der Waals surface area contributed by atoms with Crippen molar-refractivity contribution in [1.82, 2.24) is 9.78 Å². The fourth-order valence-corrected chi connectivity index (χ4v) is 2.65. The van der Waals surface area contributed by atoms with Gasteiger partial charge in [0.1, 0.15) is 0 Å². The van der Waals surface area contributed by atoms with Gasteiger partial charge in [-0.15, -0.1) is 0 Å². The van der Waals surface area contributed by atoms with Crippen LogP contribution in [0.5, 0.6) is 0 Å². The van der Waals surface area contributed by atoms with E-state index < -0.39 is 0 Å². The van der Waals surface area contributed by atoms with Crippen molar-refractivity contribution in [3.63, 3.8) is 0 Å². The van der Waals surface area contributed by atoms with Crippen LogP contribution in [0.1, 0.15) is 51.3 Å². The molecule has 0 bridgehead atoms.